The van der Waals surface area contributed by atoms with Gasteiger partial charge in [-0.1, -0.05) is 30.7 Å². The number of benzene rings is 1. The van der Waals surface area contributed by atoms with E-state index in [4.69, 9.17) is 0 Å². The van der Waals surface area contributed by atoms with Crippen LogP contribution < -0.4 is 5.32 Å². The van der Waals surface area contributed by atoms with Gasteiger partial charge < -0.3 is 5.32 Å². The van der Waals surface area contributed by atoms with E-state index in [1.54, 1.807) is 0 Å². The molecule has 0 aliphatic heterocycles. The Kier molecular flexibility index (Phi) is 4.15. The molecular formula is C16H21N3. The van der Waals surface area contributed by atoms with E-state index in [1.165, 1.54) is 16.7 Å². The number of hydrogen-bond acceptors (Lipinski definition) is 3. The van der Waals surface area contributed by atoms with E-state index in [-0.39, 0.29) is 0 Å². The van der Waals surface area contributed by atoms with Crippen molar-refractivity contribution in [3.05, 3.63) is 41.2 Å². The second-order valence-corrected chi connectivity index (χ2v) is 4.87. The third-order valence-corrected chi connectivity index (χ3v) is 3.16. The van der Waals surface area contributed by atoms with E-state index < -0.39 is 0 Å². The Morgan fingerprint density at radius 2 is 1.89 bits per heavy atom. The van der Waals surface area contributed by atoms with Crippen molar-refractivity contribution in [3.63, 3.8) is 0 Å². The molecule has 0 aliphatic rings. The molecule has 0 saturated heterocycles. The van der Waals surface area contributed by atoms with Crippen LogP contribution in [-0.2, 0) is 6.42 Å². The van der Waals surface area contributed by atoms with E-state index >= 15 is 0 Å². The van der Waals surface area contributed by atoms with Crippen molar-refractivity contribution in [2.45, 2.75) is 33.6 Å². The van der Waals surface area contributed by atoms with Crippen LogP contribution in [0.5, 0.6) is 0 Å². The molecule has 0 amide bonds. The van der Waals surface area contributed by atoms with E-state index in [9.17, 15) is 0 Å². The summed E-state index contributed by atoms with van der Waals surface area (Å²) in [4.78, 5) is 9.17. The Balaban J connectivity index is 2.51. The summed E-state index contributed by atoms with van der Waals surface area (Å²) >= 11 is 0. The zero-order valence-electron chi connectivity index (χ0n) is 12.1. The summed E-state index contributed by atoms with van der Waals surface area (Å²) in [6.45, 7) is 6.38. The number of aryl methyl sites for hydroxylation is 3. The first-order valence-corrected chi connectivity index (χ1v) is 6.77. The molecule has 3 heteroatoms. The summed E-state index contributed by atoms with van der Waals surface area (Å²) in [7, 11) is 1.89. The monoisotopic (exact) mass is 255 g/mol. The van der Waals surface area contributed by atoms with E-state index in [0.29, 0.717) is 0 Å². The molecule has 3 nitrogen and oxygen atoms in total. The first-order chi connectivity index (χ1) is 9.13. The van der Waals surface area contributed by atoms with Gasteiger partial charge in [0.1, 0.15) is 11.6 Å². The van der Waals surface area contributed by atoms with Gasteiger partial charge in [0.15, 0.2) is 0 Å². The molecule has 19 heavy (non-hydrogen) atoms. The molecule has 0 fully saturated rings. The number of aromatic nitrogens is 2. The predicted molar refractivity (Wildman–Crippen MR) is 80.5 cm³/mol. The number of anilines is 1. The van der Waals surface area contributed by atoms with Gasteiger partial charge in [0, 0.05) is 25.1 Å². The lowest BCUT2D eigenvalue weighted by molar-refractivity contribution is 0.838. The minimum absolute atomic E-state index is 0.883. The molecule has 0 aliphatic carbocycles. The van der Waals surface area contributed by atoms with Gasteiger partial charge in [-0.2, -0.15) is 0 Å². The smallest absolute Gasteiger partial charge is 0.131 e. The zero-order chi connectivity index (χ0) is 13.8. The summed E-state index contributed by atoms with van der Waals surface area (Å²) < 4.78 is 0. The van der Waals surface area contributed by atoms with Gasteiger partial charge in [-0.25, -0.2) is 9.97 Å². The molecule has 0 spiro atoms. The Bertz CT molecular complexity index is 576. The molecule has 0 unspecified atom stereocenters. The quantitative estimate of drug-likeness (QED) is 0.904. The van der Waals surface area contributed by atoms with Gasteiger partial charge in [-0.15, -0.1) is 0 Å². The maximum absolute atomic E-state index is 4.68. The number of nitrogens with one attached hydrogen (secondary N) is 1. The number of hydrogen-bond donors (Lipinski definition) is 1. The number of rotatable bonds is 4. The number of nitrogens with zero attached hydrogens (tertiary/aromatic N) is 2. The molecule has 1 aromatic carbocycles. The first-order valence-electron chi connectivity index (χ1n) is 6.77. The molecule has 0 saturated carbocycles. The molecule has 1 aromatic heterocycles. The van der Waals surface area contributed by atoms with Crippen LogP contribution in [-0.4, -0.2) is 17.0 Å². The average Bonchev–Trinajstić information content (AvgIpc) is 2.38. The third-order valence-electron chi connectivity index (χ3n) is 3.16. The van der Waals surface area contributed by atoms with Crippen LogP contribution in [0.4, 0.5) is 5.82 Å². The van der Waals surface area contributed by atoms with Gasteiger partial charge in [-0.05, 0) is 25.8 Å². The standard InChI is InChI=1S/C16H21N3/c1-5-6-15-18-14(10-16(17-4)19-15)13-8-7-11(2)9-12(13)3/h7-10H,5-6H2,1-4H3,(H,17,18,19). The van der Waals surface area contributed by atoms with Crippen molar-refractivity contribution >= 4 is 5.82 Å². The van der Waals surface area contributed by atoms with Crippen LogP contribution in [0.15, 0.2) is 24.3 Å². The summed E-state index contributed by atoms with van der Waals surface area (Å²) in [5.74, 6) is 1.79. The summed E-state index contributed by atoms with van der Waals surface area (Å²) in [6, 6.07) is 8.47. The molecule has 0 radical (unpaired) electrons. The topological polar surface area (TPSA) is 37.8 Å². The van der Waals surface area contributed by atoms with Gasteiger partial charge in [0.25, 0.3) is 0 Å². The normalized spacial score (nSPS) is 10.5. The van der Waals surface area contributed by atoms with E-state index in [2.05, 4.69) is 54.3 Å². The second kappa shape index (κ2) is 5.83. The second-order valence-electron chi connectivity index (χ2n) is 4.87. The van der Waals surface area contributed by atoms with Crippen molar-refractivity contribution in [1.29, 1.82) is 0 Å². The highest BCUT2D eigenvalue weighted by atomic mass is 15.0. The van der Waals surface area contributed by atoms with Crippen molar-refractivity contribution < 1.29 is 0 Å². The lowest BCUT2D eigenvalue weighted by atomic mass is 10.0. The molecule has 1 heterocycles. The van der Waals surface area contributed by atoms with Crippen LogP contribution in [0.2, 0.25) is 0 Å². The first kappa shape index (κ1) is 13.5. The van der Waals surface area contributed by atoms with Crippen LogP contribution in [0.25, 0.3) is 11.3 Å². The van der Waals surface area contributed by atoms with Crippen LogP contribution in [0.1, 0.15) is 30.3 Å². The highest BCUT2D eigenvalue weighted by Gasteiger charge is 2.08. The maximum Gasteiger partial charge on any atom is 0.131 e. The van der Waals surface area contributed by atoms with Crippen molar-refractivity contribution in [1.82, 2.24) is 9.97 Å². The molecule has 1 N–H and O–H groups in total. The Morgan fingerprint density at radius 1 is 1.11 bits per heavy atom. The Labute approximate surface area is 115 Å². The molecule has 2 aromatic rings. The Morgan fingerprint density at radius 3 is 2.53 bits per heavy atom. The fourth-order valence-electron chi connectivity index (χ4n) is 2.20. The van der Waals surface area contributed by atoms with Crippen LogP contribution in [0, 0.1) is 13.8 Å². The van der Waals surface area contributed by atoms with Crippen LogP contribution in [0.3, 0.4) is 0 Å². The highest BCUT2D eigenvalue weighted by molar-refractivity contribution is 5.66. The van der Waals surface area contributed by atoms with E-state index in [0.717, 1.165) is 30.2 Å². The maximum atomic E-state index is 4.68. The van der Waals surface area contributed by atoms with Gasteiger partial charge in [0.2, 0.25) is 0 Å². The third kappa shape index (κ3) is 3.11. The largest absolute Gasteiger partial charge is 0.373 e. The van der Waals surface area contributed by atoms with Gasteiger partial charge in [0.05, 0.1) is 5.69 Å². The molecule has 0 bridgehead atoms. The van der Waals surface area contributed by atoms with E-state index in [1.807, 2.05) is 13.1 Å². The fourth-order valence-corrected chi connectivity index (χ4v) is 2.20. The average molecular weight is 255 g/mol. The zero-order valence-corrected chi connectivity index (χ0v) is 12.1. The van der Waals surface area contributed by atoms with Crippen molar-refractivity contribution in [2.24, 2.45) is 0 Å². The lowest BCUT2D eigenvalue weighted by Crippen LogP contribution is -2.02. The minimum Gasteiger partial charge on any atom is -0.373 e. The molecule has 100 valence electrons. The summed E-state index contributed by atoms with van der Waals surface area (Å²) in [5, 5.41) is 3.12. The Hall–Kier alpha value is -1.90. The SMILES string of the molecule is CCCc1nc(NC)cc(-c2ccc(C)cc2C)n1. The van der Waals surface area contributed by atoms with Crippen molar-refractivity contribution in [3.8, 4) is 11.3 Å². The fraction of sp³-hybridized carbons (Fsp3) is 0.375. The molecule has 2 rings (SSSR count). The van der Waals surface area contributed by atoms with Crippen LogP contribution >= 0.6 is 0 Å². The summed E-state index contributed by atoms with van der Waals surface area (Å²) in [5.41, 5.74) is 4.71. The highest BCUT2D eigenvalue weighted by Crippen LogP contribution is 2.24. The van der Waals surface area contributed by atoms with Crippen molar-refractivity contribution in [2.75, 3.05) is 12.4 Å². The predicted octanol–water partition coefficient (Wildman–Crippen LogP) is 3.75. The lowest BCUT2D eigenvalue weighted by Gasteiger charge is -2.10. The molecular weight excluding hydrogens is 234 g/mol. The van der Waals surface area contributed by atoms with Gasteiger partial charge >= 0.3 is 0 Å². The molecule has 0 atom stereocenters. The van der Waals surface area contributed by atoms with Gasteiger partial charge in [-0.3, -0.25) is 0 Å². The summed E-state index contributed by atoms with van der Waals surface area (Å²) in [6.07, 6.45) is 1.97. The minimum atomic E-state index is 0.883.